The molecule has 6 heteroatoms. The average Bonchev–Trinajstić information content (AvgIpc) is 3.05. The van der Waals surface area contributed by atoms with Gasteiger partial charge in [-0.2, -0.15) is 0 Å². The van der Waals surface area contributed by atoms with Gasteiger partial charge in [0.15, 0.2) is 0 Å². The van der Waals surface area contributed by atoms with Crippen LogP contribution in [0.1, 0.15) is 44.0 Å². The van der Waals surface area contributed by atoms with E-state index in [2.05, 4.69) is 4.98 Å². The van der Waals surface area contributed by atoms with Crippen LogP contribution in [0, 0.1) is 5.92 Å². The van der Waals surface area contributed by atoms with Crippen molar-refractivity contribution in [1.29, 1.82) is 0 Å². The van der Waals surface area contributed by atoms with Crippen LogP contribution in [0.15, 0.2) is 24.3 Å². The molecule has 130 valence electrons. The lowest BCUT2D eigenvalue weighted by Crippen LogP contribution is -2.37. The minimum Gasteiger partial charge on any atom is -0.340 e. The number of benzene rings is 1. The van der Waals surface area contributed by atoms with Crippen LogP contribution in [0.5, 0.6) is 0 Å². The first-order valence-electron chi connectivity index (χ1n) is 9.25. The first-order valence-corrected chi connectivity index (χ1v) is 9.25. The Hall–Kier alpha value is -2.37. The molecule has 2 atom stereocenters. The highest BCUT2D eigenvalue weighted by Crippen LogP contribution is 2.37. The van der Waals surface area contributed by atoms with Crippen molar-refractivity contribution in [2.24, 2.45) is 5.92 Å². The molecule has 2 aliphatic heterocycles. The van der Waals surface area contributed by atoms with Crippen molar-refractivity contribution in [1.82, 2.24) is 19.8 Å². The zero-order chi connectivity index (χ0) is 17.0. The van der Waals surface area contributed by atoms with E-state index in [1.54, 1.807) is 0 Å². The summed E-state index contributed by atoms with van der Waals surface area (Å²) in [6, 6.07) is 8.36. The lowest BCUT2D eigenvalue weighted by molar-refractivity contribution is -0.136. The lowest BCUT2D eigenvalue weighted by Gasteiger charge is -2.26. The van der Waals surface area contributed by atoms with E-state index in [1.165, 1.54) is 0 Å². The fraction of sp³-hybridized carbons (Fsp3) is 0.526. The zero-order valence-corrected chi connectivity index (χ0v) is 14.1. The van der Waals surface area contributed by atoms with E-state index in [4.69, 9.17) is 4.98 Å². The standard InChI is InChI=1S/C19H22N4O2/c24-17-10-12(11-23(17)13-7-8-13)19(25)22-9-3-6-16(22)18-20-14-4-1-2-5-15(14)21-18/h1-2,4-5,12-13,16H,3,6-11H2,(H,20,21). The molecule has 2 saturated heterocycles. The van der Waals surface area contributed by atoms with E-state index in [-0.39, 0.29) is 23.8 Å². The third kappa shape index (κ3) is 2.51. The van der Waals surface area contributed by atoms with Gasteiger partial charge in [-0.25, -0.2) is 4.98 Å². The van der Waals surface area contributed by atoms with Crippen LogP contribution in [0.3, 0.4) is 0 Å². The summed E-state index contributed by atoms with van der Waals surface area (Å²) in [6.07, 6.45) is 4.48. The molecule has 5 rings (SSSR count). The second-order valence-electron chi connectivity index (χ2n) is 7.51. The van der Waals surface area contributed by atoms with Crippen LogP contribution in [0.2, 0.25) is 0 Å². The molecule has 6 nitrogen and oxygen atoms in total. The number of aromatic nitrogens is 2. The van der Waals surface area contributed by atoms with Crippen LogP contribution in [-0.2, 0) is 9.59 Å². The minimum absolute atomic E-state index is 0.00461. The molecule has 1 aliphatic carbocycles. The molecule has 1 N–H and O–H groups in total. The summed E-state index contributed by atoms with van der Waals surface area (Å²) in [6.45, 7) is 1.36. The number of likely N-dealkylation sites (tertiary alicyclic amines) is 2. The van der Waals surface area contributed by atoms with Gasteiger partial charge in [-0.3, -0.25) is 9.59 Å². The first-order chi connectivity index (χ1) is 12.2. The zero-order valence-electron chi connectivity index (χ0n) is 14.1. The summed E-state index contributed by atoms with van der Waals surface area (Å²) in [7, 11) is 0. The number of nitrogens with zero attached hydrogens (tertiary/aromatic N) is 3. The SMILES string of the molecule is O=C1CC(C(=O)N2CCCC2c2nc3ccccc3[nH]2)CN1C1CC1. The number of carbonyl (C=O) groups excluding carboxylic acids is 2. The van der Waals surface area contributed by atoms with E-state index in [0.717, 1.165) is 49.1 Å². The molecule has 2 amide bonds. The predicted octanol–water partition coefficient (Wildman–Crippen LogP) is 2.24. The van der Waals surface area contributed by atoms with Crippen molar-refractivity contribution < 1.29 is 9.59 Å². The molecule has 1 aromatic carbocycles. The number of rotatable bonds is 3. The third-order valence-corrected chi connectivity index (χ3v) is 5.75. The number of amides is 2. The smallest absolute Gasteiger partial charge is 0.228 e. The highest BCUT2D eigenvalue weighted by Gasteiger charge is 2.44. The molecule has 3 fully saturated rings. The first kappa shape index (κ1) is 14.9. The van der Waals surface area contributed by atoms with Gasteiger partial charge in [-0.1, -0.05) is 12.1 Å². The van der Waals surface area contributed by atoms with Crippen molar-refractivity contribution in [3.05, 3.63) is 30.1 Å². The summed E-state index contributed by atoms with van der Waals surface area (Å²) in [4.78, 5) is 37.2. The van der Waals surface area contributed by atoms with Crippen LogP contribution in [0.25, 0.3) is 11.0 Å². The number of imidazole rings is 1. The van der Waals surface area contributed by atoms with Gasteiger partial charge in [-0.15, -0.1) is 0 Å². The van der Waals surface area contributed by atoms with Crippen LogP contribution in [-0.4, -0.2) is 50.7 Å². The fourth-order valence-electron chi connectivity index (χ4n) is 4.32. The Morgan fingerprint density at radius 3 is 2.84 bits per heavy atom. The monoisotopic (exact) mass is 338 g/mol. The van der Waals surface area contributed by atoms with E-state index in [0.29, 0.717) is 19.0 Å². The summed E-state index contributed by atoms with van der Waals surface area (Å²) in [5.74, 6) is 0.966. The number of para-hydroxylation sites is 2. The van der Waals surface area contributed by atoms with Crippen molar-refractivity contribution in [3.63, 3.8) is 0 Å². The van der Waals surface area contributed by atoms with E-state index < -0.39 is 0 Å². The van der Waals surface area contributed by atoms with E-state index in [1.807, 2.05) is 34.1 Å². The highest BCUT2D eigenvalue weighted by molar-refractivity contribution is 5.90. The number of nitrogens with one attached hydrogen (secondary N) is 1. The van der Waals surface area contributed by atoms with Crippen molar-refractivity contribution in [2.75, 3.05) is 13.1 Å². The van der Waals surface area contributed by atoms with Gasteiger partial charge in [-0.05, 0) is 37.8 Å². The second-order valence-corrected chi connectivity index (χ2v) is 7.51. The Balaban J connectivity index is 1.37. The molecule has 1 saturated carbocycles. The topological polar surface area (TPSA) is 69.3 Å². The molecule has 1 aromatic heterocycles. The fourth-order valence-corrected chi connectivity index (χ4v) is 4.32. The van der Waals surface area contributed by atoms with Gasteiger partial charge in [0, 0.05) is 25.6 Å². The largest absolute Gasteiger partial charge is 0.340 e. The molecule has 0 radical (unpaired) electrons. The number of aromatic amines is 1. The molecule has 0 bridgehead atoms. The van der Waals surface area contributed by atoms with Crippen LogP contribution < -0.4 is 0 Å². The minimum atomic E-state index is -0.182. The van der Waals surface area contributed by atoms with Crippen molar-refractivity contribution in [3.8, 4) is 0 Å². The molecule has 2 unspecified atom stereocenters. The third-order valence-electron chi connectivity index (χ3n) is 5.75. The number of H-pyrrole nitrogens is 1. The number of hydrogen-bond acceptors (Lipinski definition) is 3. The maximum absolute atomic E-state index is 13.1. The number of hydrogen-bond donors (Lipinski definition) is 1. The molecule has 2 aromatic rings. The maximum Gasteiger partial charge on any atom is 0.228 e. The summed E-state index contributed by atoms with van der Waals surface area (Å²) >= 11 is 0. The average molecular weight is 338 g/mol. The Morgan fingerprint density at radius 1 is 1.20 bits per heavy atom. The molecular weight excluding hydrogens is 316 g/mol. The quantitative estimate of drug-likeness (QED) is 0.933. The maximum atomic E-state index is 13.1. The molecule has 25 heavy (non-hydrogen) atoms. The van der Waals surface area contributed by atoms with E-state index >= 15 is 0 Å². The van der Waals surface area contributed by atoms with Gasteiger partial charge in [0.2, 0.25) is 11.8 Å². The van der Waals surface area contributed by atoms with Gasteiger partial charge >= 0.3 is 0 Å². The Labute approximate surface area is 146 Å². The molecule has 0 spiro atoms. The molecular formula is C19H22N4O2. The van der Waals surface area contributed by atoms with E-state index in [9.17, 15) is 9.59 Å². The number of carbonyl (C=O) groups is 2. The van der Waals surface area contributed by atoms with Gasteiger partial charge in [0.05, 0.1) is 23.0 Å². The Kier molecular flexibility index (Phi) is 3.33. The van der Waals surface area contributed by atoms with Crippen molar-refractivity contribution >= 4 is 22.8 Å². The predicted molar refractivity (Wildman–Crippen MR) is 92.6 cm³/mol. The summed E-state index contributed by atoms with van der Waals surface area (Å²) in [5.41, 5.74) is 1.94. The highest BCUT2D eigenvalue weighted by atomic mass is 16.2. The van der Waals surface area contributed by atoms with Crippen LogP contribution in [0.4, 0.5) is 0 Å². The second kappa shape index (κ2) is 5.58. The van der Waals surface area contributed by atoms with Crippen LogP contribution >= 0.6 is 0 Å². The van der Waals surface area contributed by atoms with Gasteiger partial charge in [0.25, 0.3) is 0 Å². The van der Waals surface area contributed by atoms with Gasteiger partial charge < -0.3 is 14.8 Å². The van der Waals surface area contributed by atoms with Gasteiger partial charge in [0.1, 0.15) is 5.82 Å². The summed E-state index contributed by atoms with van der Waals surface area (Å²) in [5, 5.41) is 0. The molecule has 3 heterocycles. The molecule has 3 aliphatic rings. The normalized spacial score (nSPS) is 26.8. The lowest BCUT2D eigenvalue weighted by atomic mass is 10.1. The Bertz CT molecular complexity index is 808. The number of fused-ring (bicyclic) bond motifs is 1. The Morgan fingerprint density at radius 2 is 2.04 bits per heavy atom. The summed E-state index contributed by atoms with van der Waals surface area (Å²) < 4.78 is 0. The van der Waals surface area contributed by atoms with Crippen molar-refractivity contribution in [2.45, 2.75) is 44.2 Å².